The molecule has 0 spiro atoms. The molecule has 0 aromatic carbocycles. The number of rotatable bonds is 4. The van der Waals surface area contributed by atoms with Crippen LogP contribution in [0.25, 0.3) is 0 Å². The van der Waals surface area contributed by atoms with Crippen molar-refractivity contribution in [3.63, 3.8) is 0 Å². The molecule has 1 rings (SSSR count). The zero-order valence-electron chi connectivity index (χ0n) is 7.83. The van der Waals surface area contributed by atoms with Gasteiger partial charge in [-0.1, -0.05) is 0 Å². The van der Waals surface area contributed by atoms with Gasteiger partial charge in [-0.15, -0.1) is 0 Å². The molecule has 0 aromatic rings. The quantitative estimate of drug-likeness (QED) is 0.428. The number of hydrogen-bond acceptors (Lipinski definition) is 5. The second-order valence-corrected chi connectivity index (χ2v) is 2.95. The van der Waals surface area contributed by atoms with Gasteiger partial charge in [0.15, 0.2) is 0 Å². The normalized spacial score (nSPS) is 20.8. The maximum Gasteiger partial charge on any atom is 0.306 e. The zero-order chi connectivity index (χ0) is 10.6. The van der Waals surface area contributed by atoms with Gasteiger partial charge < -0.3 is 10.1 Å². The van der Waals surface area contributed by atoms with E-state index in [9.17, 15) is 14.4 Å². The second-order valence-electron chi connectivity index (χ2n) is 2.95. The van der Waals surface area contributed by atoms with E-state index in [1.165, 1.54) is 7.11 Å². The Morgan fingerprint density at radius 1 is 1.64 bits per heavy atom. The van der Waals surface area contributed by atoms with Gasteiger partial charge in [-0.05, 0) is 0 Å². The van der Waals surface area contributed by atoms with Crippen molar-refractivity contribution in [3.8, 4) is 0 Å². The van der Waals surface area contributed by atoms with E-state index in [0.29, 0.717) is 6.54 Å². The summed E-state index contributed by atoms with van der Waals surface area (Å²) in [6.45, 7) is 0.331. The van der Waals surface area contributed by atoms with E-state index in [4.69, 9.17) is 0 Å². The minimum atomic E-state index is -0.507. The summed E-state index contributed by atoms with van der Waals surface area (Å²) < 4.78 is 4.42. The van der Waals surface area contributed by atoms with E-state index in [1.807, 2.05) is 0 Å². The van der Waals surface area contributed by atoms with Gasteiger partial charge in [0.1, 0.15) is 0 Å². The van der Waals surface area contributed by atoms with Gasteiger partial charge in [0.05, 0.1) is 26.0 Å². The molecule has 1 aliphatic heterocycles. The lowest BCUT2D eigenvalue weighted by Gasteiger charge is -2.07. The van der Waals surface area contributed by atoms with E-state index in [-0.39, 0.29) is 30.6 Å². The van der Waals surface area contributed by atoms with Crippen molar-refractivity contribution in [2.75, 3.05) is 13.7 Å². The van der Waals surface area contributed by atoms with Crippen molar-refractivity contribution in [3.05, 3.63) is 0 Å². The van der Waals surface area contributed by atoms with E-state index in [2.05, 4.69) is 15.4 Å². The third kappa shape index (κ3) is 2.81. The molecule has 14 heavy (non-hydrogen) atoms. The molecule has 2 amide bonds. The molecule has 1 saturated heterocycles. The highest BCUT2D eigenvalue weighted by Gasteiger charge is 2.29. The molecule has 0 aliphatic carbocycles. The summed E-state index contributed by atoms with van der Waals surface area (Å²) in [5.41, 5.74) is 0. The largest absolute Gasteiger partial charge is 0.469 e. The van der Waals surface area contributed by atoms with Gasteiger partial charge in [-0.3, -0.25) is 19.7 Å². The first-order chi connectivity index (χ1) is 6.63. The van der Waals surface area contributed by atoms with Crippen molar-refractivity contribution >= 4 is 17.8 Å². The summed E-state index contributed by atoms with van der Waals surface area (Å²) in [6, 6.07) is -0.507. The van der Waals surface area contributed by atoms with Crippen molar-refractivity contribution in [2.45, 2.75) is 18.9 Å². The van der Waals surface area contributed by atoms with E-state index < -0.39 is 6.04 Å². The molecule has 0 bridgehead atoms. The van der Waals surface area contributed by atoms with Crippen molar-refractivity contribution in [2.24, 2.45) is 0 Å². The van der Waals surface area contributed by atoms with Gasteiger partial charge >= 0.3 is 5.97 Å². The maximum absolute atomic E-state index is 11.0. The van der Waals surface area contributed by atoms with E-state index in [1.54, 1.807) is 0 Å². The first-order valence-corrected chi connectivity index (χ1v) is 4.27. The molecule has 1 aliphatic rings. The Labute approximate surface area is 81.0 Å². The molecule has 1 atom stereocenters. The SMILES string of the molecule is COC(=O)CCNC1CC(=O)NC1=O. The first-order valence-electron chi connectivity index (χ1n) is 4.27. The summed E-state index contributed by atoms with van der Waals surface area (Å²) in [7, 11) is 1.30. The van der Waals surface area contributed by atoms with Crippen LogP contribution in [0, 0.1) is 0 Å². The summed E-state index contributed by atoms with van der Waals surface area (Å²) in [5, 5.41) is 4.96. The number of carbonyl (C=O) groups excluding carboxylic acids is 3. The summed E-state index contributed by atoms with van der Waals surface area (Å²) in [5.74, 6) is -0.965. The number of hydrogen-bond donors (Lipinski definition) is 2. The fourth-order valence-corrected chi connectivity index (χ4v) is 1.17. The monoisotopic (exact) mass is 200 g/mol. The van der Waals surface area contributed by atoms with Gasteiger partial charge in [0.25, 0.3) is 0 Å². The molecule has 0 aromatic heterocycles. The Bertz CT molecular complexity index is 264. The lowest BCUT2D eigenvalue weighted by Crippen LogP contribution is -2.37. The van der Waals surface area contributed by atoms with Crippen LogP contribution in [0.4, 0.5) is 0 Å². The van der Waals surface area contributed by atoms with Crippen LogP contribution in [0.2, 0.25) is 0 Å². The third-order valence-electron chi connectivity index (χ3n) is 1.92. The highest BCUT2D eigenvalue weighted by Crippen LogP contribution is 2.00. The molecular weight excluding hydrogens is 188 g/mol. The predicted octanol–water partition coefficient (Wildman–Crippen LogP) is -1.45. The molecule has 1 unspecified atom stereocenters. The molecule has 2 N–H and O–H groups in total. The average Bonchev–Trinajstić information content (AvgIpc) is 2.45. The van der Waals surface area contributed by atoms with Crippen LogP contribution in [0.3, 0.4) is 0 Å². The fraction of sp³-hybridized carbons (Fsp3) is 0.625. The minimum Gasteiger partial charge on any atom is -0.469 e. The van der Waals surface area contributed by atoms with Crippen molar-refractivity contribution in [1.29, 1.82) is 0 Å². The van der Waals surface area contributed by atoms with Crippen molar-refractivity contribution < 1.29 is 19.1 Å². The standard InChI is InChI=1S/C8H12N2O4/c1-14-7(12)2-3-9-5-4-6(11)10-8(5)13/h5,9H,2-4H2,1H3,(H,10,11,13). The minimum absolute atomic E-state index is 0.139. The molecule has 78 valence electrons. The van der Waals surface area contributed by atoms with Crippen LogP contribution >= 0.6 is 0 Å². The van der Waals surface area contributed by atoms with E-state index in [0.717, 1.165) is 0 Å². The Hall–Kier alpha value is -1.43. The lowest BCUT2D eigenvalue weighted by atomic mass is 10.2. The highest BCUT2D eigenvalue weighted by atomic mass is 16.5. The molecule has 0 saturated carbocycles. The zero-order valence-corrected chi connectivity index (χ0v) is 7.83. The Kier molecular flexibility index (Phi) is 3.58. The van der Waals surface area contributed by atoms with Gasteiger partial charge in [-0.2, -0.15) is 0 Å². The van der Waals surface area contributed by atoms with Crippen LogP contribution in [-0.2, 0) is 19.1 Å². The maximum atomic E-state index is 11.0. The number of ether oxygens (including phenoxy) is 1. The molecule has 0 radical (unpaired) electrons. The molecule has 1 heterocycles. The number of carbonyl (C=O) groups is 3. The summed E-state index contributed by atoms with van der Waals surface area (Å²) in [6.07, 6.45) is 0.328. The number of amides is 2. The Morgan fingerprint density at radius 2 is 2.36 bits per heavy atom. The van der Waals surface area contributed by atoms with Crippen LogP contribution < -0.4 is 10.6 Å². The molecule has 1 fully saturated rings. The predicted molar refractivity (Wildman–Crippen MR) is 46.2 cm³/mol. The number of imide groups is 1. The fourth-order valence-electron chi connectivity index (χ4n) is 1.17. The van der Waals surface area contributed by atoms with Crippen LogP contribution in [0.5, 0.6) is 0 Å². The van der Waals surface area contributed by atoms with Crippen LogP contribution in [-0.4, -0.2) is 37.5 Å². The molecule has 6 heteroatoms. The second kappa shape index (κ2) is 4.71. The number of nitrogens with one attached hydrogen (secondary N) is 2. The first kappa shape index (κ1) is 10.6. The van der Waals surface area contributed by atoms with Crippen molar-refractivity contribution in [1.82, 2.24) is 10.6 Å². The number of methoxy groups -OCH3 is 1. The molecular formula is C8H12N2O4. The lowest BCUT2D eigenvalue weighted by molar-refractivity contribution is -0.140. The summed E-state index contributed by atoms with van der Waals surface area (Å²) >= 11 is 0. The Balaban J connectivity index is 2.22. The molecule has 6 nitrogen and oxygen atoms in total. The van der Waals surface area contributed by atoms with Gasteiger partial charge in [-0.25, -0.2) is 0 Å². The van der Waals surface area contributed by atoms with Crippen LogP contribution in [0.15, 0.2) is 0 Å². The highest BCUT2D eigenvalue weighted by molar-refractivity contribution is 6.05. The van der Waals surface area contributed by atoms with Gasteiger partial charge in [0.2, 0.25) is 11.8 Å². The summed E-state index contributed by atoms with van der Waals surface area (Å²) in [4.78, 5) is 32.5. The topological polar surface area (TPSA) is 84.5 Å². The Morgan fingerprint density at radius 3 is 2.86 bits per heavy atom. The van der Waals surface area contributed by atoms with E-state index >= 15 is 0 Å². The average molecular weight is 200 g/mol. The van der Waals surface area contributed by atoms with Gasteiger partial charge in [0, 0.05) is 6.54 Å². The third-order valence-corrected chi connectivity index (χ3v) is 1.92. The van der Waals surface area contributed by atoms with Crippen LogP contribution in [0.1, 0.15) is 12.8 Å². The smallest absolute Gasteiger partial charge is 0.306 e. The number of esters is 1.